The molecule has 120 valence electrons. The third-order valence-corrected chi connectivity index (χ3v) is 3.41. The van der Waals surface area contributed by atoms with Gasteiger partial charge in [0.15, 0.2) is 0 Å². The smallest absolute Gasteiger partial charge is 0.127 e. The van der Waals surface area contributed by atoms with Crippen LogP contribution in [0.3, 0.4) is 0 Å². The topological polar surface area (TPSA) is 21.3 Å². The maximum Gasteiger partial charge on any atom is 0.127 e. The predicted octanol–water partition coefficient (Wildman–Crippen LogP) is 5.06. The SMILES string of the molecule is CCCCCCCCOc1cc(F)cc(CNC(C)C)c1. The molecular formula is C18H30FNO. The summed E-state index contributed by atoms with van der Waals surface area (Å²) in [4.78, 5) is 0. The van der Waals surface area contributed by atoms with Crippen LogP contribution in [0.25, 0.3) is 0 Å². The van der Waals surface area contributed by atoms with Crippen molar-refractivity contribution in [1.82, 2.24) is 5.32 Å². The second kappa shape index (κ2) is 10.6. The molecule has 0 unspecified atom stereocenters. The number of hydrogen-bond donors (Lipinski definition) is 1. The molecule has 1 aromatic carbocycles. The minimum Gasteiger partial charge on any atom is -0.493 e. The summed E-state index contributed by atoms with van der Waals surface area (Å²) >= 11 is 0. The molecule has 21 heavy (non-hydrogen) atoms. The Morgan fingerprint density at radius 3 is 2.48 bits per heavy atom. The molecule has 0 saturated heterocycles. The Bertz CT molecular complexity index is 393. The maximum absolute atomic E-state index is 13.6. The fourth-order valence-electron chi connectivity index (χ4n) is 2.20. The van der Waals surface area contributed by atoms with Crippen molar-refractivity contribution in [3.8, 4) is 5.75 Å². The summed E-state index contributed by atoms with van der Waals surface area (Å²) in [6.45, 7) is 7.72. The van der Waals surface area contributed by atoms with E-state index in [0.717, 1.165) is 12.0 Å². The molecule has 0 atom stereocenters. The van der Waals surface area contributed by atoms with Gasteiger partial charge in [-0.1, -0.05) is 52.9 Å². The lowest BCUT2D eigenvalue weighted by Gasteiger charge is -2.11. The van der Waals surface area contributed by atoms with Crippen LogP contribution in [-0.4, -0.2) is 12.6 Å². The second-order valence-corrected chi connectivity index (χ2v) is 5.95. The largest absolute Gasteiger partial charge is 0.493 e. The Balaban J connectivity index is 2.30. The van der Waals surface area contributed by atoms with Gasteiger partial charge in [0.05, 0.1) is 6.61 Å². The Kier molecular flexibility index (Phi) is 9.07. The molecule has 0 heterocycles. The zero-order valence-electron chi connectivity index (χ0n) is 13.8. The van der Waals surface area contributed by atoms with Crippen molar-refractivity contribution in [2.24, 2.45) is 0 Å². The van der Waals surface area contributed by atoms with Crippen molar-refractivity contribution in [3.63, 3.8) is 0 Å². The highest BCUT2D eigenvalue weighted by molar-refractivity contribution is 5.29. The van der Waals surface area contributed by atoms with Gasteiger partial charge in [-0.3, -0.25) is 0 Å². The Labute approximate surface area is 129 Å². The van der Waals surface area contributed by atoms with E-state index in [1.807, 2.05) is 6.07 Å². The summed E-state index contributed by atoms with van der Waals surface area (Å²) in [5.74, 6) is 0.417. The number of hydrogen-bond acceptors (Lipinski definition) is 2. The summed E-state index contributed by atoms with van der Waals surface area (Å²) in [6, 6.07) is 5.35. The highest BCUT2D eigenvalue weighted by Crippen LogP contribution is 2.17. The highest BCUT2D eigenvalue weighted by atomic mass is 19.1. The molecule has 0 amide bonds. The summed E-state index contributed by atoms with van der Waals surface area (Å²) < 4.78 is 19.2. The number of nitrogens with one attached hydrogen (secondary N) is 1. The molecule has 0 spiro atoms. The zero-order chi connectivity index (χ0) is 15.5. The van der Waals surface area contributed by atoms with E-state index in [1.165, 1.54) is 38.2 Å². The number of rotatable bonds is 11. The van der Waals surface area contributed by atoms with Gasteiger partial charge in [-0.15, -0.1) is 0 Å². The molecule has 0 radical (unpaired) electrons. The lowest BCUT2D eigenvalue weighted by atomic mass is 10.1. The minimum atomic E-state index is -0.226. The fraction of sp³-hybridized carbons (Fsp3) is 0.667. The average molecular weight is 295 g/mol. The van der Waals surface area contributed by atoms with Crippen LogP contribution >= 0.6 is 0 Å². The number of unbranched alkanes of at least 4 members (excludes halogenated alkanes) is 5. The molecule has 0 bridgehead atoms. The van der Waals surface area contributed by atoms with Crippen molar-refractivity contribution in [3.05, 3.63) is 29.6 Å². The third-order valence-electron chi connectivity index (χ3n) is 3.41. The lowest BCUT2D eigenvalue weighted by Crippen LogP contribution is -2.21. The lowest BCUT2D eigenvalue weighted by molar-refractivity contribution is 0.302. The van der Waals surface area contributed by atoms with Crippen LogP contribution in [-0.2, 0) is 6.54 Å². The van der Waals surface area contributed by atoms with Crippen LogP contribution < -0.4 is 10.1 Å². The summed E-state index contributed by atoms with van der Waals surface area (Å²) in [5, 5.41) is 3.29. The standard InChI is InChI=1S/C18H30FNO/c1-4-5-6-7-8-9-10-21-18-12-16(11-17(19)13-18)14-20-15(2)3/h11-13,15,20H,4-10,14H2,1-3H3. The van der Waals surface area contributed by atoms with Gasteiger partial charge in [0, 0.05) is 18.7 Å². The first-order chi connectivity index (χ1) is 10.1. The van der Waals surface area contributed by atoms with E-state index in [9.17, 15) is 4.39 Å². The quantitative estimate of drug-likeness (QED) is 0.576. The maximum atomic E-state index is 13.6. The summed E-state index contributed by atoms with van der Waals surface area (Å²) in [5.41, 5.74) is 0.932. The van der Waals surface area contributed by atoms with Crippen LogP contribution in [0.2, 0.25) is 0 Å². The van der Waals surface area contributed by atoms with Gasteiger partial charge in [-0.2, -0.15) is 0 Å². The predicted molar refractivity (Wildman–Crippen MR) is 87.2 cm³/mol. The van der Waals surface area contributed by atoms with Crippen molar-refractivity contribution in [2.75, 3.05) is 6.61 Å². The summed E-state index contributed by atoms with van der Waals surface area (Å²) in [6.07, 6.45) is 7.40. The Hall–Kier alpha value is -1.09. The molecule has 1 rings (SSSR count). The molecule has 0 aliphatic heterocycles. The fourth-order valence-corrected chi connectivity index (χ4v) is 2.20. The van der Waals surface area contributed by atoms with E-state index in [2.05, 4.69) is 26.1 Å². The van der Waals surface area contributed by atoms with Crippen LogP contribution in [0.5, 0.6) is 5.75 Å². The molecule has 1 N–H and O–H groups in total. The molecule has 0 fully saturated rings. The molecule has 2 nitrogen and oxygen atoms in total. The van der Waals surface area contributed by atoms with E-state index >= 15 is 0 Å². The molecule has 0 saturated carbocycles. The molecular weight excluding hydrogens is 265 g/mol. The van der Waals surface area contributed by atoms with Gasteiger partial charge in [0.2, 0.25) is 0 Å². The van der Waals surface area contributed by atoms with Gasteiger partial charge in [0.25, 0.3) is 0 Å². The highest BCUT2D eigenvalue weighted by Gasteiger charge is 2.03. The van der Waals surface area contributed by atoms with Crippen LogP contribution in [0.15, 0.2) is 18.2 Å². The van der Waals surface area contributed by atoms with Crippen molar-refractivity contribution < 1.29 is 9.13 Å². The molecule has 0 aliphatic carbocycles. The van der Waals surface area contributed by atoms with Gasteiger partial charge >= 0.3 is 0 Å². The van der Waals surface area contributed by atoms with E-state index < -0.39 is 0 Å². The minimum absolute atomic E-state index is 0.226. The first-order valence-electron chi connectivity index (χ1n) is 8.27. The van der Waals surface area contributed by atoms with E-state index in [1.54, 1.807) is 6.07 Å². The first kappa shape index (κ1) is 18.0. The second-order valence-electron chi connectivity index (χ2n) is 5.95. The monoisotopic (exact) mass is 295 g/mol. The number of halogens is 1. The van der Waals surface area contributed by atoms with E-state index in [0.29, 0.717) is 24.9 Å². The average Bonchev–Trinajstić information content (AvgIpc) is 2.44. The molecule has 0 aromatic heterocycles. The Morgan fingerprint density at radius 1 is 1.05 bits per heavy atom. The summed E-state index contributed by atoms with van der Waals surface area (Å²) in [7, 11) is 0. The van der Waals surface area contributed by atoms with Gasteiger partial charge in [-0.05, 0) is 24.1 Å². The van der Waals surface area contributed by atoms with Crippen molar-refractivity contribution in [1.29, 1.82) is 0 Å². The van der Waals surface area contributed by atoms with Gasteiger partial charge in [-0.25, -0.2) is 4.39 Å². The molecule has 3 heteroatoms. The van der Waals surface area contributed by atoms with Crippen LogP contribution in [0.4, 0.5) is 4.39 Å². The van der Waals surface area contributed by atoms with Crippen molar-refractivity contribution >= 4 is 0 Å². The normalized spacial score (nSPS) is 11.1. The van der Waals surface area contributed by atoms with Crippen molar-refractivity contribution in [2.45, 2.75) is 71.9 Å². The number of ether oxygens (including phenoxy) is 1. The van der Waals surface area contributed by atoms with E-state index in [4.69, 9.17) is 4.74 Å². The molecule has 1 aromatic rings. The first-order valence-corrected chi connectivity index (χ1v) is 8.27. The van der Waals surface area contributed by atoms with E-state index in [-0.39, 0.29) is 5.82 Å². The van der Waals surface area contributed by atoms with Gasteiger partial charge in [0.1, 0.15) is 11.6 Å². The van der Waals surface area contributed by atoms with Crippen LogP contribution in [0.1, 0.15) is 64.9 Å². The van der Waals surface area contributed by atoms with Crippen LogP contribution in [0, 0.1) is 5.82 Å². The van der Waals surface area contributed by atoms with Gasteiger partial charge < -0.3 is 10.1 Å². The number of benzene rings is 1. The third kappa shape index (κ3) is 8.71. The zero-order valence-corrected chi connectivity index (χ0v) is 13.8. The molecule has 0 aliphatic rings. The Morgan fingerprint density at radius 2 is 1.76 bits per heavy atom.